The molecule has 1 heterocycles. The molecule has 8 heteroatoms. The number of thioether (sulfide) groups is 1. The van der Waals surface area contributed by atoms with Crippen molar-refractivity contribution >= 4 is 40.6 Å². The largest absolute Gasteiger partial charge is 0.484 e. The number of aryl methyl sites for hydroxylation is 1. The van der Waals surface area contributed by atoms with Gasteiger partial charge in [0.15, 0.2) is 6.61 Å². The normalized spacial score (nSPS) is 14.5. The van der Waals surface area contributed by atoms with E-state index >= 15 is 0 Å². The van der Waals surface area contributed by atoms with Crippen molar-refractivity contribution in [3.05, 3.63) is 99.7 Å². The van der Waals surface area contributed by atoms with Gasteiger partial charge in [-0.1, -0.05) is 42.5 Å². The van der Waals surface area contributed by atoms with Gasteiger partial charge in [0.1, 0.15) is 11.6 Å². The van der Waals surface area contributed by atoms with E-state index in [1.54, 1.807) is 48.5 Å². The summed E-state index contributed by atoms with van der Waals surface area (Å²) in [4.78, 5) is 38.6. The number of carbonyl (C=O) groups excluding carboxylic acids is 3. The minimum atomic E-state index is -0.466. The van der Waals surface area contributed by atoms with Crippen molar-refractivity contribution in [1.29, 1.82) is 0 Å². The second-order valence-electron chi connectivity index (χ2n) is 8.01. The molecule has 0 radical (unpaired) electrons. The SMILES string of the molecule is Cc1cccc(NC(=O)COc2ccc(/C=C3\SC(=O)N(Cc4ccccc4F)C3=O)cc2)c1C. The van der Waals surface area contributed by atoms with E-state index in [2.05, 4.69) is 5.32 Å². The van der Waals surface area contributed by atoms with Gasteiger partial charge in [-0.3, -0.25) is 19.3 Å². The number of anilines is 1. The fourth-order valence-electron chi connectivity index (χ4n) is 3.47. The third-order valence-electron chi connectivity index (χ3n) is 5.59. The molecule has 0 unspecified atom stereocenters. The molecule has 0 aromatic heterocycles. The van der Waals surface area contributed by atoms with Crippen LogP contribution < -0.4 is 10.1 Å². The summed E-state index contributed by atoms with van der Waals surface area (Å²) in [5.74, 6) is -0.710. The number of nitrogens with zero attached hydrogens (tertiary/aromatic N) is 1. The predicted molar refractivity (Wildman–Crippen MR) is 134 cm³/mol. The van der Waals surface area contributed by atoms with Crippen molar-refractivity contribution in [2.75, 3.05) is 11.9 Å². The zero-order valence-electron chi connectivity index (χ0n) is 19.2. The average Bonchev–Trinajstić information content (AvgIpc) is 3.10. The number of carbonyl (C=O) groups is 3. The van der Waals surface area contributed by atoms with Crippen molar-refractivity contribution in [1.82, 2.24) is 4.90 Å². The number of benzene rings is 3. The van der Waals surface area contributed by atoms with Crippen LogP contribution in [0.1, 0.15) is 22.3 Å². The van der Waals surface area contributed by atoms with Crippen molar-refractivity contribution in [2.24, 2.45) is 0 Å². The smallest absolute Gasteiger partial charge is 0.293 e. The third kappa shape index (κ3) is 5.78. The van der Waals surface area contributed by atoms with E-state index in [9.17, 15) is 18.8 Å². The number of rotatable bonds is 7. The number of ether oxygens (including phenoxy) is 1. The van der Waals surface area contributed by atoms with Crippen LogP contribution in [0.5, 0.6) is 5.75 Å². The molecular weight excluding hydrogens is 467 g/mol. The number of imide groups is 1. The zero-order valence-corrected chi connectivity index (χ0v) is 20.0. The number of hydrogen-bond acceptors (Lipinski definition) is 5. The molecule has 35 heavy (non-hydrogen) atoms. The van der Waals surface area contributed by atoms with E-state index in [1.165, 1.54) is 6.07 Å². The summed E-state index contributed by atoms with van der Waals surface area (Å²) >= 11 is 0.815. The molecule has 3 amide bonds. The van der Waals surface area contributed by atoms with Crippen LogP contribution in [0.15, 0.2) is 71.6 Å². The van der Waals surface area contributed by atoms with Gasteiger partial charge in [0.25, 0.3) is 17.1 Å². The monoisotopic (exact) mass is 490 g/mol. The summed E-state index contributed by atoms with van der Waals surface area (Å²) in [5, 5.41) is 2.40. The van der Waals surface area contributed by atoms with Crippen molar-refractivity contribution in [3.63, 3.8) is 0 Å². The molecule has 3 aromatic carbocycles. The lowest BCUT2D eigenvalue weighted by Gasteiger charge is -2.12. The third-order valence-corrected chi connectivity index (χ3v) is 6.49. The van der Waals surface area contributed by atoms with Crippen LogP contribution in [0.3, 0.4) is 0 Å². The molecule has 0 bridgehead atoms. The van der Waals surface area contributed by atoms with E-state index in [-0.39, 0.29) is 29.5 Å². The van der Waals surface area contributed by atoms with E-state index in [4.69, 9.17) is 4.74 Å². The maximum absolute atomic E-state index is 13.9. The Morgan fingerprint density at radius 3 is 2.51 bits per heavy atom. The van der Waals surface area contributed by atoms with Gasteiger partial charge in [-0.2, -0.15) is 0 Å². The Labute approximate surface area is 206 Å². The summed E-state index contributed by atoms with van der Waals surface area (Å²) < 4.78 is 19.5. The van der Waals surface area contributed by atoms with Crippen LogP contribution in [0.4, 0.5) is 14.9 Å². The quantitative estimate of drug-likeness (QED) is 0.430. The van der Waals surface area contributed by atoms with Gasteiger partial charge in [-0.25, -0.2) is 4.39 Å². The van der Waals surface area contributed by atoms with Gasteiger partial charge in [-0.15, -0.1) is 0 Å². The minimum Gasteiger partial charge on any atom is -0.484 e. The molecule has 3 aromatic rings. The second-order valence-corrected chi connectivity index (χ2v) is 9.01. The maximum atomic E-state index is 13.9. The standard InChI is InChI=1S/C27H23FN2O4S/c1-17-6-5-9-23(18(17)2)29-25(31)16-34-21-12-10-19(11-13-21)14-24-26(32)30(27(33)35-24)15-20-7-3-4-8-22(20)28/h3-14H,15-16H2,1-2H3,(H,29,31)/b24-14-. The fourth-order valence-corrected chi connectivity index (χ4v) is 4.30. The Morgan fingerprint density at radius 2 is 1.77 bits per heavy atom. The Kier molecular flexibility index (Phi) is 7.31. The van der Waals surface area contributed by atoms with Gasteiger partial charge in [0.05, 0.1) is 11.4 Å². The Bertz CT molecular complexity index is 1320. The summed E-state index contributed by atoms with van der Waals surface area (Å²) in [6.07, 6.45) is 1.60. The van der Waals surface area contributed by atoms with Gasteiger partial charge in [0.2, 0.25) is 0 Å². The molecule has 0 aliphatic carbocycles. The van der Waals surface area contributed by atoms with Gasteiger partial charge in [0, 0.05) is 11.3 Å². The molecule has 0 spiro atoms. The van der Waals surface area contributed by atoms with Crippen LogP contribution >= 0.6 is 11.8 Å². The number of hydrogen-bond donors (Lipinski definition) is 1. The Morgan fingerprint density at radius 1 is 1.03 bits per heavy atom. The molecule has 1 aliphatic heterocycles. The highest BCUT2D eigenvalue weighted by Gasteiger charge is 2.35. The molecule has 6 nitrogen and oxygen atoms in total. The molecule has 178 valence electrons. The van der Waals surface area contributed by atoms with Gasteiger partial charge >= 0.3 is 0 Å². The molecule has 1 aliphatic rings. The second kappa shape index (κ2) is 10.6. The van der Waals surface area contributed by atoms with Crippen LogP contribution in [-0.4, -0.2) is 28.6 Å². The molecule has 1 fully saturated rings. The first kappa shape index (κ1) is 24.2. The van der Waals surface area contributed by atoms with Gasteiger partial charge < -0.3 is 10.1 Å². The Balaban J connectivity index is 1.35. The van der Waals surface area contributed by atoms with Gasteiger partial charge in [-0.05, 0) is 72.6 Å². The molecule has 0 atom stereocenters. The number of amides is 3. The highest BCUT2D eigenvalue weighted by Crippen LogP contribution is 2.33. The van der Waals surface area contributed by atoms with Crippen LogP contribution in [-0.2, 0) is 16.1 Å². The number of nitrogens with one attached hydrogen (secondary N) is 1. The Hall–Kier alpha value is -3.91. The molecular formula is C27H23FN2O4S. The fraction of sp³-hybridized carbons (Fsp3) is 0.148. The lowest BCUT2D eigenvalue weighted by atomic mass is 10.1. The topological polar surface area (TPSA) is 75.7 Å². The lowest BCUT2D eigenvalue weighted by Crippen LogP contribution is -2.27. The van der Waals surface area contributed by atoms with Crippen LogP contribution in [0, 0.1) is 19.7 Å². The highest BCUT2D eigenvalue weighted by atomic mass is 32.2. The summed E-state index contributed by atoms with van der Waals surface area (Å²) in [6, 6.07) is 18.6. The maximum Gasteiger partial charge on any atom is 0.293 e. The molecule has 1 saturated heterocycles. The first-order valence-corrected chi connectivity index (χ1v) is 11.7. The van der Waals surface area contributed by atoms with Crippen molar-refractivity contribution in [2.45, 2.75) is 20.4 Å². The van der Waals surface area contributed by atoms with Crippen molar-refractivity contribution in [3.8, 4) is 5.75 Å². The minimum absolute atomic E-state index is 0.119. The first-order valence-electron chi connectivity index (χ1n) is 10.9. The first-order chi connectivity index (χ1) is 16.8. The summed E-state index contributed by atoms with van der Waals surface area (Å²) in [7, 11) is 0. The van der Waals surface area contributed by atoms with E-state index < -0.39 is 17.0 Å². The van der Waals surface area contributed by atoms with Crippen molar-refractivity contribution < 1.29 is 23.5 Å². The van der Waals surface area contributed by atoms with Crippen LogP contribution in [0.2, 0.25) is 0 Å². The zero-order chi connectivity index (χ0) is 24.9. The molecule has 4 rings (SSSR count). The number of halogens is 1. The van der Waals surface area contributed by atoms with E-state index in [0.29, 0.717) is 11.3 Å². The van der Waals surface area contributed by atoms with Crippen LogP contribution in [0.25, 0.3) is 6.08 Å². The average molecular weight is 491 g/mol. The summed E-state index contributed by atoms with van der Waals surface area (Å²) in [5.41, 5.74) is 3.80. The highest BCUT2D eigenvalue weighted by molar-refractivity contribution is 8.18. The van der Waals surface area contributed by atoms with E-state index in [1.807, 2.05) is 32.0 Å². The summed E-state index contributed by atoms with van der Waals surface area (Å²) in [6.45, 7) is 3.65. The molecule has 1 N–H and O–H groups in total. The molecule has 0 saturated carbocycles. The van der Waals surface area contributed by atoms with E-state index in [0.717, 1.165) is 33.5 Å². The lowest BCUT2D eigenvalue weighted by molar-refractivity contribution is -0.123. The predicted octanol–water partition coefficient (Wildman–Crippen LogP) is 5.70.